The molecule has 5 nitrogen and oxygen atoms in total. The summed E-state index contributed by atoms with van der Waals surface area (Å²) in [5, 5.41) is 4.75. The molecule has 0 atom stereocenters. The van der Waals surface area contributed by atoms with Crippen molar-refractivity contribution in [2.24, 2.45) is 0 Å². The molecule has 0 aromatic carbocycles. The number of hydrogen-bond donors (Lipinski definition) is 0. The van der Waals surface area contributed by atoms with Gasteiger partial charge in [-0.05, 0) is 60.6 Å². The molecule has 0 bridgehead atoms. The number of aryl methyl sites for hydroxylation is 3. The van der Waals surface area contributed by atoms with Gasteiger partial charge in [-0.25, -0.2) is 4.98 Å². The van der Waals surface area contributed by atoms with E-state index in [1.54, 1.807) is 11.3 Å². The molecule has 0 saturated carbocycles. The normalized spacial score (nSPS) is 11.7. The second-order valence-electron chi connectivity index (χ2n) is 7.23. The van der Waals surface area contributed by atoms with E-state index in [2.05, 4.69) is 30.1 Å². The lowest BCUT2D eigenvalue weighted by Gasteiger charge is -2.31. The fraction of sp³-hybridized carbons (Fsp3) is 0.450. The number of nitrogens with zero attached hydrogens (tertiary/aromatic N) is 3. The summed E-state index contributed by atoms with van der Waals surface area (Å²) >= 11 is 1.72. The Morgan fingerprint density at radius 2 is 1.77 bits per heavy atom. The monoisotopic (exact) mass is 371 g/mol. The molecule has 138 valence electrons. The van der Waals surface area contributed by atoms with Crippen LogP contribution in [-0.4, -0.2) is 33.0 Å². The molecule has 1 amide bonds. The number of pyridine rings is 1. The van der Waals surface area contributed by atoms with Gasteiger partial charge in [0.25, 0.3) is 11.6 Å². The van der Waals surface area contributed by atoms with Crippen LogP contribution in [0.5, 0.6) is 0 Å². The van der Waals surface area contributed by atoms with E-state index >= 15 is 0 Å². The van der Waals surface area contributed by atoms with Crippen molar-refractivity contribution < 1.29 is 9.32 Å². The summed E-state index contributed by atoms with van der Waals surface area (Å²) in [5.41, 5.74) is 3.51. The van der Waals surface area contributed by atoms with Crippen LogP contribution >= 0.6 is 11.3 Å². The third-order valence-corrected chi connectivity index (χ3v) is 5.48. The summed E-state index contributed by atoms with van der Waals surface area (Å²) in [4.78, 5) is 22.3. The molecule has 26 heavy (non-hydrogen) atoms. The second kappa shape index (κ2) is 6.83. The molecule has 3 aromatic heterocycles. The topological polar surface area (TPSA) is 59.2 Å². The van der Waals surface area contributed by atoms with Gasteiger partial charge in [0.1, 0.15) is 0 Å². The molecule has 0 aliphatic carbocycles. The molecule has 0 saturated heterocycles. The van der Waals surface area contributed by atoms with Gasteiger partial charge in [-0.3, -0.25) is 4.79 Å². The highest BCUT2D eigenvalue weighted by Gasteiger charge is 2.27. The first kappa shape index (κ1) is 18.6. The van der Waals surface area contributed by atoms with E-state index in [1.807, 2.05) is 45.6 Å². The van der Waals surface area contributed by atoms with Crippen LogP contribution in [0.15, 0.2) is 16.7 Å². The zero-order valence-corrected chi connectivity index (χ0v) is 17.2. The Morgan fingerprint density at radius 1 is 1.12 bits per heavy atom. The fourth-order valence-corrected chi connectivity index (χ4v) is 4.42. The summed E-state index contributed by atoms with van der Waals surface area (Å²) < 4.78 is 5.42. The maximum absolute atomic E-state index is 13.4. The minimum Gasteiger partial charge on any atom is -0.335 e. The molecule has 3 heterocycles. The second-order valence-corrected chi connectivity index (χ2v) is 8.69. The molecule has 6 heteroatoms. The van der Waals surface area contributed by atoms with E-state index < -0.39 is 0 Å². The number of carbonyl (C=O) groups is 1. The Hall–Kier alpha value is -2.21. The largest absolute Gasteiger partial charge is 0.335 e. The molecule has 0 N–H and O–H groups in total. The Kier molecular flexibility index (Phi) is 4.88. The van der Waals surface area contributed by atoms with Crippen LogP contribution in [-0.2, 0) is 0 Å². The van der Waals surface area contributed by atoms with E-state index in [1.165, 1.54) is 9.75 Å². The maximum atomic E-state index is 13.4. The van der Waals surface area contributed by atoms with Gasteiger partial charge in [-0.2, -0.15) is 0 Å². The Balaban J connectivity index is 2.24. The minimum atomic E-state index is -0.0143. The van der Waals surface area contributed by atoms with Crippen molar-refractivity contribution in [2.75, 3.05) is 0 Å². The average molecular weight is 372 g/mol. The third-order valence-electron chi connectivity index (χ3n) is 4.51. The first-order chi connectivity index (χ1) is 12.2. The van der Waals surface area contributed by atoms with E-state index in [-0.39, 0.29) is 18.0 Å². The lowest BCUT2D eigenvalue weighted by molar-refractivity contribution is 0.0645. The Bertz CT molecular complexity index is 961. The maximum Gasteiger partial charge on any atom is 0.259 e. The van der Waals surface area contributed by atoms with Crippen molar-refractivity contribution in [3.8, 4) is 11.3 Å². The van der Waals surface area contributed by atoms with Crippen LogP contribution in [0.4, 0.5) is 0 Å². The van der Waals surface area contributed by atoms with E-state index in [9.17, 15) is 4.79 Å². The average Bonchev–Trinajstić information content (AvgIpc) is 3.08. The zero-order valence-electron chi connectivity index (χ0n) is 16.4. The van der Waals surface area contributed by atoms with Crippen molar-refractivity contribution >= 4 is 28.3 Å². The lowest BCUT2D eigenvalue weighted by atomic mass is 10.0. The smallest absolute Gasteiger partial charge is 0.259 e. The van der Waals surface area contributed by atoms with Gasteiger partial charge >= 0.3 is 0 Å². The predicted molar refractivity (Wildman–Crippen MR) is 106 cm³/mol. The number of amides is 1. The standard InChI is InChI=1S/C20H25N3O2S/c1-10(2)23(11(3)4)20(24)16-9-17(15-8-12(5)26-14(15)7)21-19-18(16)13(6)22-25-19/h8-11H,1-7H3. The Labute approximate surface area is 158 Å². The molecule has 0 aliphatic heterocycles. The highest BCUT2D eigenvalue weighted by atomic mass is 32.1. The number of carbonyl (C=O) groups excluding carboxylic acids is 1. The van der Waals surface area contributed by atoms with Crippen molar-refractivity contribution in [1.82, 2.24) is 15.0 Å². The van der Waals surface area contributed by atoms with Crippen molar-refractivity contribution in [3.05, 3.63) is 33.1 Å². The van der Waals surface area contributed by atoms with Gasteiger partial charge in [0.2, 0.25) is 0 Å². The SMILES string of the molecule is Cc1cc(-c2cc(C(=O)N(C(C)C)C(C)C)c3c(C)noc3n2)c(C)s1. The van der Waals surface area contributed by atoms with Crippen molar-refractivity contribution in [3.63, 3.8) is 0 Å². The first-order valence-electron chi connectivity index (χ1n) is 8.87. The fourth-order valence-electron chi connectivity index (χ4n) is 3.49. The van der Waals surface area contributed by atoms with Gasteiger partial charge in [0.05, 0.1) is 22.3 Å². The van der Waals surface area contributed by atoms with Crippen molar-refractivity contribution in [2.45, 2.75) is 60.5 Å². The van der Waals surface area contributed by atoms with Crippen LogP contribution in [0.25, 0.3) is 22.4 Å². The van der Waals surface area contributed by atoms with Crippen LogP contribution in [0, 0.1) is 20.8 Å². The van der Waals surface area contributed by atoms with E-state index in [0.29, 0.717) is 22.4 Å². The van der Waals surface area contributed by atoms with E-state index in [0.717, 1.165) is 11.3 Å². The van der Waals surface area contributed by atoms with Crippen LogP contribution in [0.3, 0.4) is 0 Å². The van der Waals surface area contributed by atoms with Gasteiger partial charge in [0, 0.05) is 27.4 Å². The molecule has 0 fully saturated rings. The number of fused-ring (bicyclic) bond motifs is 1. The number of thiophene rings is 1. The third kappa shape index (κ3) is 3.14. The zero-order chi connectivity index (χ0) is 19.2. The number of hydrogen-bond acceptors (Lipinski definition) is 5. The molecule has 0 unspecified atom stereocenters. The molecular weight excluding hydrogens is 346 g/mol. The molecular formula is C20H25N3O2S. The van der Waals surface area contributed by atoms with Gasteiger partial charge in [0.15, 0.2) is 0 Å². The molecule has 0 radical (unpaired) electrons. The summed E-state index contributed by atoms with van der Waals surface area (Å²) in [7, 11) is 0. The minimum absolute atomic E-state index is 0.0143. The summed E-state index contributed by atoms with van der Waals surface area (Å²) in [6.45, 7) is 14.1. The quantitative estimate of drug-likeness (QED) is 0.637. The molecule has 3 rings (SSSR count). The highest BCUT2D eigenvalue weighted by molar-refractivity contribution is 7.12. The Morgan fingerprint density at radius 3 is 2.31 bits per heavy atom. The predicted octanol–water partition coefficient (Wildman–Crippen LogP) is 5.14. The number of aromatic nitrogens is 2. The van der Waals surface area contributed by atoms with Gasteiger partial charge < -0.3 is 9.42 Å². The summed E-state index contributed by atoms with van der Waals surface area (Å²) in [6, 6.07) is 4.19. The summed E-state index contributed by atoms with van der Waals surface area (Å²) in [5.74, 6) is -0.0143. The molecule has 3 aromatic rings. The van der Waals surface area contributed by atoms with Gasteiger partial charge in [-0.1, -0.05) is 5.16 Å². The lowest BCUT2D eigenvalue weighted by Crippen LogP contribution is -2.42. The van der Waals surface area contributed by atoms with Crippen LogP contribution < -0.4 is 0 Å². The molecule has 0 aliphatic rings. The van der Waals surface area contributed by atoms with Gasteiger partial charge in [-0.15, -0.1) is 11.3 Å². The van der Waals surface area contributed by atoms with E-state index in [4.69, 9.17) is 4.52 Å². The highest BCUT2D eigenvalue weighted by Crippen LogP contribution is 2.33. The van der Waals surface area contributed by atoms with Crippen molar-refractivity contribution in [1.29, 1.82) is 0 Å². The van der Waals surface area contributed by atoms with Crippen LogP contribution in [0.1, 0.15) is 53.5 Å². The first-order valence-corrected chi connectivity index (χ1v) is 9.69. The molecule has 0 spiro atoms. The summed E-state index contributed by atoms with van der Waals surface area (Å²) in [6.07, 6.45) is 0. The number of rotatable bonds is 4. The van der Waals surface area contributed by atoms with Crippen LogP contribution in [0.2, 0.25) is 0 Å².